The van der Waals surface area contributed by atoms with E-state index in [1.807, 2.05) is 19.4 Å². The number of nitrogens with one attached hydrogen (secondary N) is 2. The number of guanidine groups is 1. The molecule has 1 heterocycles. The molecule has 2 N–H and O–H groups in total. The van der Waals surface area contributed by atoms with E-state index in [-0.39, 0.29) is 0 Å². The predicted octanol–water partition coefficient (Wildman–Crippen LogP) is 2.59. The van der Waals surface area contributed by atoms with Crippen LogP contribution in [-0.4, -0.2) is 28.8 Å². The SMILES string of the molecule is CCNC(=NCc1cnn(C)c1)NCC(C)c1cccc(C)c1. The predicted molar refractivity (Wildman–Crippen MR) is 95.6 cm³/mol. The molecule has 1 unspecified atom stereocenters. The average molecular weight is 313 g/mol. The summed E-state index contributed by atoms with van der Waals surface area (Å²) in [6.45, 7) is 8.75. The van der Waals surface area contributed by atoms with Gasteiger partial charge in [-0.05, 0) is 25.3 Å². The van der Waals surface area contributed by atoms with Crippen LogP contribution in [0.2, 0.25) is 0 Å². The molecule has 0 fully saturated rings. The van der Waals surface area contributed by atoms with Crippen molar-refractivity contribution < 1.29 is 0 Å². The second kappa shape index (κ2) is 8.36. The van der Waals surface area contributed by atoms with E-state index in [1.54, 1.807) is 4.68 Å². The third-order valence-corrected chi connectivity index (χ3v) is 3.71. The Kier molecular flexibility index (Phi) is 6.20. The van der Waals surface area contributed by atoms with Gasteiger partial charge in [0.2, 0.25) is 0 Å². The average Bonchev–Trinajstić information content (AvgIpc) is 2.95. The fraction of sp³-hybridized carbons (Fsp3) is 0.444. The summed E-state index contributed by atoms with van der Waals surface area (Å²) in [5, 5.41) is 10.9. The lowest BCUT2D eigenvalue weighted by Gasteiger charge is -2.16. The van der Waals surface area contributed by atoms with E-state index in [2.05, 4.69) is 65.8 Å². The normalized spacial score (nSPS) is 13.0. The van der Waals surface area contributed by atoms with E-state index in [0.717, 1.165) is 24.6 Å². The van der Waals surface area contributed by atoms with Gasteiger partial charge < -0.3 is 10.6 Å². The smallest absolute Gasteiger partial charge is 0.191 e. The van der Waals surface area contributed by atoms with E-state index < -0.39 is 0 Å². The van der Waals surface area contributed by atoms with E-state index in [1.165, 1.54) is 11.1 Å². The van der Waals surface area contributed by atoms with Crippen molar-refractivity contribution in [3.05, 3.63) is 53.3 Å². The second-order valence-electron chi connectivity index (χ2n) is 5.91. The molecule has 23 heavy (non-hydrogen) atoms. The lowest BCUT2D eigenvalue weighted by atomic mass is 9.99. The Hall–Kier alpha value is -2.30. The zero-order valence-electron chi connectivity index (χ0n) is 14.5. The Morgan fingerprint density at radius 2 is 2.17 bits per heavy atom. The van der Waals surface area contributed by atoms with Crippen LogP contribution in [0.3, 0.4) is 0 Å². The highest BCUT2D eigenvalue weighted by Crippen LogP contribution is 2.15. The minimum absolute atomic E-state index is 0.428. The molecule has 0 bridgehead atoms. The van der Waals surface area contributed by atoms with Crippen molar-refractivity contribution >= 4 is 5.96 Å². The van der Waals surface area contributed by atoms with Crippen molar-refractivity contribution in [3.8, 4) is 0 Å². The summed E-state index contributed by atoms with van der Waals surface area (Å²) < 4.78 is 1.80. The molecule has 1 aromatic heterocycles. The van der Waals surface area contributed by atoms with Crippen LogP contribution in [0.25, 0.3) is 0 Å². The van der Waals surface area contributed by atoms with Crippen molar-refractivity contribution in [2.24, 2.45) is 12.0 Å². The molecule has 2 rings (SSSR count). The lowest BCUT2D eigenvalue weighted by Crippen LogP contribution is -2.39. The molecule has 0 radical (unpaired) electrons. The fourth-order valence-corrected chi connectivity index (χ4v) is 2.41. The summed E-state index contributed by atoms with van der Waals surface area (Å²) in [6.07, 6.45) is 3.84. The Morgan fingerprint density at radius 3 is 2.83 bits per heavy atom. The van der Waals surface area contributed by atoms with Crippen LogP contribution < -0.4 is 10.6 Å². The van der Waals surface area contributed by atoms with Gasteiger partial charge in [0.05, 0.1) is 12.7 Å². The van der Waals surface area contributed by atoms with Crippen molar-refractivity contribution in [3.63, 3.8) is 0 Å². The molecule has 0 aliphatic carbocycles. The maximum Gasteiger partial charge on any atom is 0.191 e. The molecule has 0 amide bonds. The molecule has 124 valence electrons. The summed E-state index contributed by atoms with van der Waals surface area (Å²) >= 11 is 0. The minimum atomic E-state index is 0.428. The van der Waals surface area contributed by atoms with Crippen LogP contribution in [0.5, 0.6) is 0 Å². The van der Waals surface area contributed by atoms with Crippen LogP contribution in [0, 0.1) is 6.92 Å². The van der Waals surface area contributed by atoms with Crippen molar-refractivity contribution in [2.75, 3.05) is 13.1 Å². The number of rotatable bonds is 6. The van der Waals surface area contributed by atoms with E-state index >= 15 is 0 Å². The number of aromatic nitrogens is 2. The maximum absolute atomic E-state index is 4.62. The van der Waals surface area contributed by atoms with Gasteiger partial charge >= 0.3 is 0 Å². The summed E-state index contributed by atoms with van der Waals surface area (Å²) in [5.41, 5.74) is 3.75. The molecule has 1 aromatic carbocycles. The Labute approximate surface area is 138 Å². The highest BCUT2D eigenvalue weighted by molar-refractivity contribution is 5.79. The zero-order valence-corrected chi connectivity index (χ0v) is 14.5. The van der Waals surface area contributed by atoms with Gasteiger partial charge in [-0.1, -0.05) is 36.8 Å². The number of aryl methyl sites for hydroxylation is 2. The minimum Gasteiger partial charge on any atom is -0.357 e. The first-order chi connectivity index (χ1) is 11.1. The number of benzene rings is 1. The van der Waals surface area contributed by atoms with Gasteiger partial charge in [0.25, 0.3) is 0 Å². The summed E-state index contributed by atoms with van der Waals surface area (Å²) in [6, 6.07) is 8.66. The summed E-state index contributed by atoms with van der Waals surface area (Å²) in [4.78, 5) is 4.62. The van der Waals surface area contributed by atoms with Crippen LogP contribution in [-0.2, 0) is 13.6 Å². The van der Waals surface area contributed by atoms with Gasteiger partial charge in [-0.3, -0.25) is 4.68 Å². The molecular weight excluding hydrogens is 286 g/mol. The van der Waals surface area contributed by atoms with Gasteiger partial charge in [-0.15, -0.1) is 0 Å². The molecular formula is C18H27N5. The van der Waals surface area contributed by atoms with Gasteiger partial charge in [-0.25, -0.2) is 4.99 Å². The third kappa shape index (κ3) is 5.43. The molecule has 0 spiro atoms. The van der Waals surface area contributed by atoms with Gasteiger partial charge in [0.15, 0.2) is 5.96 Å². The largest absolute Gasteiger partial charge is 0.357 e. The van der Waals surface area contributed by atoms with Crippen LogP contribution >= 0.6 is 0 Å². The van der Waals surface area contributed by atoms with Crippen molar-refractivity contribution in [1.29, 1.82) is 0 Å². The molecule has 5 heteroatoms. The topological polar surface area (TPSA) is 54.2 Å². The summed E-state index contributed by atoms with van der Waals surface area (Å²) in [5.74, 6) is 1.27. The first kappa shape index (κ1) is 17.1. The van der Waals surface area contributed by atoms with Crippen molar-refractivity contribution in [2.45, 2.75) is 33.2 Å². The molecule has 0 aliphatic rings. The fourth-order valence-electron chi connectivity index (χ4n) is 2.41. The van der Waals surface area contributed by atoms with Gasteiger partial charge in [0, 0.05) is 31.9 Å². The monoisotopic (exact) mass is 313 g/mol. The number of hydrogen-bond acceptors (Lipinski definition) is 2. The lowest BCUT2D eigenvalue weighted by molar-refractivity contribution is 0.699. The number of aliphatic imine (C=N–C) groups is 1. The maximum atomic E-state index is 4.62. The molecule has 1 atom stereocenters. The van der Waals surface area contributed by atoms with Gasteiger partial charge in [0.1, 0.15) is 0 Å². The first-order valence-corrected chi connectivity index (χ1v) is 8.14. The van der Waals surface area contributed by atoms with Crippen LogP contribution in [0.15, 0.2) is 41.7 Å². The highest BCUT2D eigenvalue weighted by atomic mass is 15.2. The Bertz CT molecular complexity index is 644. The van der Waals surface area contributed by atoms with E-state index in [4.69, 9.17) is 0 Å². The van der Waals surface area contributed by atoms with Crippen molar-refractivity contribution in [1.82, 2.24) is 20.4 Å². The first-order valence-electron chi connectivity index (χ1n) is 8.14. The zero-order chi connectivity index (χ0) is 16.7. The van der Waals surface area contributed by atoms with Crippen LogP contribution in [0.4, 0.5) is 0 Å². The number of hydrogen-bond donors (Lipinski definition) is 2. The van der Waals surface area contributed by atoms with Crippen LogP contribution in [0.1, 0.15) is 36.5 Å². The van der Waals surface area contributed by atoms with E-state index in [9.17, 15) is 0 Å². The molecule has 0 aliphatic heterocycles. The standard InChI is InChI=1S/C18H27N5/c1-5-19-18(21-11-16-12-22-23(4)13-16)20-10-15(3)17-8-6-7-14(2)9-17/h6-9,12-13,15H,5,10-11H2,1-4H3,(H2,19,20,21). The quantitative estimate of drug-likeness (QED) is 0.636. The highest BCUT2D eigenvalue weighted by Gasteiger charge is 2.07. The van der Waals surface area contributed by atoms with E-state index in [0.29, 0.717) is 12.5 Å². The molecule has 2 aromatic rings. The van der Waals surface area contributed by atoms with Gasteiger partial charge in [-0.2, -0.15) is 5.10 Å². The molecule has 5 nitrogen and oxygen atoms in total. The molecule has 0 saturated heterocycles. The second-order valence-corrected chi connectivity index (χ2v) is 5.91. The molecule has 0 saturated carbocycles. The third-order valence-electron chi connectivity index (χ3n) is 3.71. The Balaban J connectivity index is 1.93. The number of nitrogens with zero attached hydrogens (tertiary/aromatic N) is 3. The Morgan fingerprint density at radius 1 is 1.35 bits per heavy atom. The summed E-state index contributed by atoms with van der Waals surface area (Å²) in [7, 11) is 1.92.